The SMILES string of the molecule is N=C(N)Nc1cccc(C(=O)NC(C=O)N[C@H](CC(=O)O)c2cc(Cl)cc(Cl)c2)c1. The number of nitrogens with one attached hydrogen (secondary N) is 4. The van der Waals surface area contributed by atoms with Crippen LogP contribution in [0, 0.1) is 5.41 Å². The highest BCUT2D eigenvalue weighted by molar-refractivity contribution is 6.34. The molecule has 0 saturated carbocycles. The third-order valence-electron chi connectivity index (χ3n) is 3.87. The van der Waals surface area contributed by atoms with Crippen LogP contribution in [0.3, 0.4) is 0 Å². The van der Waals surface area contributed by atoms with Crippen molar-refractivity contribution in [1.82, 2.24) is 10.6 Å². The number of nitrogens with two attached hydrogens (primary N) is 1. The Balaban J connectivity index is 2.18. The van der Waals surface area contributed by atoms with Crippen molar-refractivity contribution in [2.75, 3.05) is 5.32 Å². The second-order valence-corrected chi connectivity index (χ2v) is 7.10. The van der Waals surface area contributed by atoms with Gasteiger partial charge in [-0.3, -0.25) is 25.1 Å². The molecule has 0 fully saturated rings. The largest absolute Gasteiger partial charge is 0.481 e. The van der Waals surface area contributed by atoms with Gasteiger partial charge in [0.15, 0.2) is 12.2 Å². The molecule has 0 spiro atoms. The smallest absolute Gasteiger partial charge is 0.305 e. The van der Waals surface area contributed by atoms with Gasteiger partial charge in [-0.15, -0.1) is 0 Å². The number of aliphatic carboxylic acids is 1. The highest BCUT2D eigenvalue weighted by Gasteiger charge is 2.22. The molecule has 2 aromatic rings. The Morgan fingerprint density at radius 1 is 1.17 bits per heavy atom. The Kier molecular flexibility index (Phi) is 8.16. The van der Waals surface area contributed by atoms with E-state index in [1.54, 1.807) is 12.1 Å². The molecule has 1 unspecified atom stereocenters. The van der Waals surface area contributed by atoms with Crippen LogP contribution in [0.2, 0.25) is 10.0 Å². The van der Waals surface area contributed by atoms with E-state index in [-0.39, 0.29) is 17.9 Å². The zero-order valence-electron chi connectivity index (χ0n) is 15.5. The Morgan fingerprint density at radius 3 is 2.40 bits per heavy atom. The molecule has 0 saturated heterocycles. The van der Waals surface area contributed by atoms with E-state index < -0.39 is 24.1 Å². The molecule has 2 rings (SSSR count). The van der Waals surface area contributed by atoms with Crippen LogP contribution in [-0.4, -0.2) is 35.4 Å². The summed E-state index contributed by atoms with van der Waals surface area (Å²) in [5.74, 6) is -2.01. The van der Waals surface area contributed by atoms with E-state index in [9.17, 15) is 19.5 Å². The number of guanidine groups is 1. The molecular formula is C19H19Cl2N5O4. The van der Waals surface area contributed by atoms with E-state index in [1.165, 1.54) is 30.3 Å². The first-order valence-corrected chi connectivity index (χ1v) is 9.34. The molecule has 2 atom stereocenters. The first-order chi connectivity index (χ1) is 14.2. The first kappa shape index (κ1) is 23.1. The summed E-state index contributed by atoms with van der Waals surface area (Å²) < 4.78 is 0. The van der Waals surface area contributed by atoms with E-state index in [2.05, 4.69) is 16.0 Å². The summed E-state index contributed by atoms with van der Waals surface area (Å²) in [5.41, 5.74) is 6.34. The number of carboxylic acids is 1. The highest BCUT2D eigenvalue weighted by atomic mass is 35.5. The van der Waals surface area contributed by atoms with Crippen LogP contribution >= 0.6 is 23.2 Å². The summed E-state index contributed by atoms with van der Waals surface area (Å²) in [6.45, 7) is 0. The van der Waals surface area contributed by atoms with Crippen molar-refractivity contribution in [2.24, 2.45) is 5.73 Å². The van der Waals surface area contributed by atoms with Crippen molar-refractivity contribution in [1.29, 1.82) is 5.41 Å². The van der Waals surface area contributed by atoms with Gasteiger partial charge in [0.25, 0.3) is 5.91 Å². The van der Waals surface area contributed by atoms with Gasteiger partial charge >= 0.3 is 5.97 Å². The normalized spacial score (nSPS) is 12.5. The number of carbonyl (C=O) groups excluding carboxylic acids is 2. The fraction of sp³-hybridized carbons (Fsp3) is 0.158. The minimum Gasteiger partial charge on any atom is -0.481 e. The molecule has 2 aromatic carbocycles. The van der Waals surface area contributed by atoms with Crippen molar-refractivity contribution in [3.8, 4) is 0 Å². The summed E-state index contributed by atoms with van der Waals surface area (Å²) in [6, 6.07) is 9.83. The van der Waals surface area contributed by atoms with Gasteiger partial charge in [0.1, 0.15) is 6.17 Å². The fourth-order valence-corrected chi connectivity index (χ4v) is 3.22. The van der Waals surface area contributed by atoms with E-state index in [1.807, 2.05) is 0 Å². The number of halogens is 2. The van der Waals surface area contributed by atoms with Gasteiger partial charge in [-0.25, -0.2) is 0 Å². The third-order valence-corrected chi connectivity index (χ3v) is 4.31. The molecule has 0 aromatic heterocycles. The molecule has 9 nitrogen and oxygen atoms in total. The molecule has 7 N–H and O–H groups in total. The van der Waals surface area contributed by atoms with E-state index >= 15 is 0 Å². The van der Waals surface area contributed by atoms with Gasteiger partial charge in [0, 0.05) is 27.3 Å². The molecule has 1 amide bonds. The Labute approximate surface area is 182 Å². The quantitative estimate of drug-likeness (QED) is 0.148. The third kappa shape index (κ3) is 7.03. The van der Waals surface area contributed by atoms with E-state index in [0.29, 0.717) is 27.6 Å². The van der Waals surface area contributed by atoms with Crippen LogP contribution in [0.1, 0.15) is 28.4 Å². The number of benzene rings is 2. The average molecular weight is 452 g/mol. The Morgan fingerprint density at radius 2 is 1.83 bits per heavy atom. The summed E-state index contributed by atoms with van der Waals surface area (Å²) >= 11 is 12.0. The maximum atomic E-state index is 12.5. The predicted molar refractivity (Wildman–Crippen MR) is 114 cm³/mol. The van der Waals surface area contributed by atoms with Crippen LogP contribution < -0.4 is 21.7 Å². The number of anilines is 1. The van der Waals surface area contributed by atoms with Crippen LogP contribution in [0.25, 0.3) is 0 Å². The summed E-state index contributed by atoms with van der Waals surface area (Å²) in [4.78, 5) is 35.3. The molecule has 158 valence electrons. The Hall–Kier alpha value is -3.14. The van der Waals surface area contributed by atoms with Crippen LogP contribution in [-0.2, 0) is 9.59 Å². The number of amides is 1. The summed E-state index contributed by atoms with van der Waals surface area (Å²) in [6.07, 6.45) is -1.13. The number of carboxylic acid groups (broad SMARTS) is 1. The number of hydrogen-bond donors (Lipinski definition) is 6. The van der Waals surface area contributed by atoms with Gasteiger partial charge < -0.3 is 21.5 Å². The zero-order chi connectivity index (χ0) is 22.3. The standard InChI is InChI=1S/C19H19Cl2N5O4/c20-12-4-11(5-13(21)7-12)15(8-17(28)29)25-16(9-27)26-18(30)10-2-1-3-14(6-10)24-19(22)23/h1-7,9,15-16,25H,8H2,(H,26,30)(H,28,29)(H4,22,23,24)/t15-,16?/m1/s1. The highest BCUT2D eigenvalue weighted by Crippen LogP contribution is 2.25. The molecule has 0 aliphatic rings. The lowest BCUT2D eigenvalue weighted by Gasteiger charge is -2.23. The average Bonchev–Trinajstić information content (AvgIpc) is 2.65. The molecule has 11 heteroatoms. The van der Waals surface area contributed by atoms with Crippen molar-refractivity contribution in [2.45, 2.75) is 18.6 Å². The van der Waals surface area contributed by atoms with E-state index in [0.717, 1.165) is 0 Å². The number of aldehydes is 1. The van der Waals surface area contributed by atoms with Crippen molar-refractivity contribution < 1.29 is 19.5 Å². The van der Waals surface area contributed by atoms with E-state index in [4.69, 9.17) is 34.3 Å². The predicted octanol–water partition coefficient (Wildman–Crippen LogP) is 2.36. The maximum absolute atomic E-state index is 12.5. The van der Waals surface area contributed by atoms with Crippen molar-refractivity contribution in [3.63, 3.8) is 0 Å². The fourth-order valence-electron chi connectivity index (χ4n) is 2.67. The monoisotopic (exact) mass is 451 g/mol. The molecule has 30 heavy (non-hydrogen) atoms. The van der Waals surface area contributed by atoms with Gasteiger partial charge in [0.2, 0.25) is 0 Å². The molecule has 0 radical (unpaired) electrons. The van der Waals surface area contributed by atoms with Gasteiger partial charge in [-0.2, -0.15) is 0 Å². The van der Waals surface area contributed by atoms with Crippen molar-refractivity contribution >= 4 is 53.0 Å². The summed E-state index contributed by atoms with van der Waals surface area (Å²) in [7, 11) is 0. The topological polar surface area (TPSA) is 157 Å². The molecule has 0 bridgehead atoms. The van der Waals surface area contributed by atoms with Crippen molar-refractivity contribution in [3.05, 3.63) is 63.6 Å². The number of carbonyl (C=O) groups is 3. The minimum atomic E-state index is -1.19. The number of hydrogen-bond acceptors (Lipinski definition) is 5. The van der Waals surface area contributed by atoms with Gasteiger partial charge in [-0.05, 0) is 42.0 Å². The minimum absolute atomic E-state index is 0.204. The van der Waals surface area contributed by atoms with Crippen LogP contribution in [0.5, 0.6) is 0 Å². The first-order valence-electron chi connectivity index (χ1n) is 8.59. The molecule has 0 heterocycles. The molecule has 0 aliphatic heterocycles. The molecular weight excluding hydrogens is 433 g/mol. The lowest BCUT2D eigenvalue weighted by Crippen LogP contribution is -2.48. The zero-order valence-corrected chi connectivity index (χ0v) is 17.0. The van der Waals surface area contributed by atoms with Crippen LogP contribution in [0.4, 0.5) is 5.69 Å². The summed E-state index contributed by atoms with van der Waals surface area (Å²) in [5, 5.41) is 24.9. The van der Waals surface area contributed by atoms with Gasteiger partial charge in [0.05, 0.1) is 6.42 Å². The second kappa shape index (κ2) is 10.6. The second-order valence-electron chi connectivity index (χ2n) is 6.23. The Bertz CT molecular complexity index is 949. The lowest BCUT2D eigenvalue weighted by molar-refractivity contribution is -0.137. The molecule has 0 aliphatic carbocycles. The van der Waals surface area contributed by atoms with Crippen LogP contribution in [0.15, 0.2) is 42.5 Å². The maximum Gasteiger partial charge on any atom is 0.305 e. The number of rotatable bonds is 9. The van der Waals surface area contributed by atoms with Gasteiger partial charge in [-0.1, -0.05) is 29.3 Å². The lowest BCUT2D eigenvalue weighted by atomic mass is 10.0.